The van der Waals surface area contributed by atoms with Crippen LogP contribution >= 0.6 is 11.6 Å². The first kappa shape index (κ1) is 30.9. The topological polar surface area (TPSA) is 105 Å². The number of hydrogen-bond acceptors (Lipinski definition) is 4. The van der Waals surface area contributed by atoms with Crippen LogP contribution in [0.2, 0.25) is 0 Å². The van der Waals surface area contributed by atoms with Crippen LogP contribution in [0.5, 0.6) is 0 Å². The van der Waals surface area contributed by atoms with E-state index >= 15 is 0 Å². The molecule has 0 aromatic heterocycles. The first-order valence-electron chi connectivity index (χ1n) is 12.0. The van der Waals surface area contributed by atoms with Crippen LogP contribution in [0.25, 0.3) is 0 Å². The normalized spacial score (nSPS) is 17.4. The number of amides is 3. The average Bonchev–Trinajstić information content (AvgIpc) is 2.99. The molecule has 2 aromatic carbocycles. The van der Waals surface area contributed by atoms with Crippen molar-refractivity contribution in [3.05, 3.63) is 65.7 Å². The Kier molecular flexibility index (Phi) is 9.82. The summed E-state index contributed by atoms with van der Waals surface area (Å²) in [5.41, 5.74) is 6.83. The number of nitrogens with zero attached hydrogens (tertiary/aromatic N) is 2. The quantitative estimate of drug-likeness (QED) is 0.233. The van der Waals surface area contributed by atoms with Gasteiger partial charge in [0.1, 0.15) is 6.00 Å². The van der Waals surface area contributed by atoms with Gasteiger partial charge >= 0.3 is 12.4 Å². The van der Waals surface area contributed by atoms with Crippen LogP contribution < -0.4 is 16.0 Å². The van der Waals surface area contributed by atoms with E-state index in [1.807, 2.05) is 0 Å². The summed E-state index contributed by atoms with van der Waals surface area (Å²) < 4.78 is 77.8. The van der Waals surface area contributed by atoms with E-state index in [9.17, 15) is 40.7 Å². The maximum atomic E-state index is 13.5. The second kappa shape index (κ2) is 12.7. The van der Waals surface area contributed by atoms with E-state index in [4.69, 9.17) is 17.3 Å². The first-order chi connectivity index (χ1) is 18.7. The second-order valence-electron chi connectivity index (χ2n) is 9.08. The molecule has 3 N–H and O–H groups in total. The summed E-state index contributed by atoms with van der Waals surface area (Å²) in [6, 6.07) is 14.7. The molecule has 0 aliphatic carbocycles. The van der Waals surface area contributed by atoms with Crippen LogP contribution in [-0.4, -0.2) is 48.0 Å². The van der Waals surface area contributed by atoms with Gasteiger partial charge in [0.05, 0.1) is 11.4 Å². The molecule has 3 amide bonds. The largest absolute Gasteiger partial charge is 0.389 e. The molecule has 0 bridgehead atoms. The van der Waals surface area contributed by atoms with Crippen LogP contribution in [0.3, 0.4) is 0 Å². The van der Waals surface area contributed by atoms with Crippen molar-refractivity contribution in [2.75, 3.05) is 10.9 Å². The molecule has 14 heteroatoms. The standard InChI is InChI=1S/C26H25ClF6N4O3/c27-14-37-19-9-5-4-8-18(19)20(15-6-2-1-3-7-15)35-22(24(37)40)36-23(39)17(11-13-26(31,32)33)16(21(34)38)10-12-25(28,29)30/h1-9,16-17,22H,10-14H2,(H2,34,38)(H,36,39)/t16?,17?,22-/m1/s1. The van der Waals surface area contributed by atoms with Crippen LogP contribution in [0, 0.1) is 11.8 Å². The molecule has 40 heavy (non-hydrogen) atoms. The van der Waals surface area contributed by atoms with Crippen molar-refractivity contribution < 1.29 is 40.7 Å². The van der Waals surface area contributed by atoms with E-state index in [1.165, 1.54) is 0 Å². The number of carbonyl (C=O) groups is 3. The van der Waals surface area contributed by atoms with Gasteiger partial charge < -0.3 is 11.1 Å². The number of aliphatic imine (C=N–C) groups is 1. The number of halogens is 7. The summed E-state index contributed by atoms with van der Waals surface area (Å²) in [4.78, 5) is 44.3. The van der Waals surface area contributed by atoms with Crippen molar-refractivity contribution >= 4 is 40.7 Å². The Morgan fingerprint density at radius 1 is 0.925 bits per heavy atom. The molecule has 2 aromatic rings. The monoisotopic (exact) mass is 590 g/mol. The zero-order chi connectivity index (χ0) is 29.7. The van der Waals surface area contributed by atoms with E-state index in [0.717, 1.165) is 4.90 Å². The van der Waals surface area contributed by atoms with Gasteiger partial charge in [0.25, 0.3) is 5.91 Å². The minimum Gasteiger partial charge on any atom is -0.369 e. The smallest absolute Gasteiger partial charge is 0.369 e. The SMILES string of the molecule is NC(=O)C(CCC(F)(F)F)C(CCC(F)(F)F)C(=O)N[C@H]1N=C(c2ccccc2)c2ccccc2N(CCl)C1=O. The van der Waals surface area contributed by atoms with Gasteiger partial charge in [0, 0.05) is 35.8 Å². The van der Waals surface area contributed by atoms with Gasteiger partial charge in [-0.15, -0.1) is 11.6 Å². The fourth-order valence-electron chi connectivity index (χ4n) is 4.41. The third kappa shape index (κ3) is 7.96. The van der Waals surface area contributed by atoms with Crippen molar-refractivity contribution in [3.8, 4) is 0 Å². The fraction of sp³-hybridized carbons (Fsp3) is 0.385. The maximum Gasteiger partial charge on any atom is 0.389 e. The number of para-hydroxylation sites is 1. The molecule has 0 saturated heterocycles. The van der Waals surface area contributed by atoms with Crippen molar-refractivity contribution in [3.63, 3.8) is 0 Å². The Bertz CT molecular complexity index is 1250. The number of primary amides is 1. The second-order valence-corrected chi connectivity index (χ2v) is 9.32. The van der Waals surface area contributed by atoms with E-state index in [0.29, 0.717) is 16.8 Å². The molecule has 3 atom stereocenters. The summed E-state index contributed by atoms with van der Waals surface area (Å²) in [5, 5.41) is 2.24. The third-order valence-corrected chi connectivity index (χ3v) is 6.56. The number of anilines is 1. The lowest BCUT2D eigenvalue weighted by atomic mass is 9.83. The number of benzene rings is 2. The summed E-state index contributed by atoms with van der Waals surface area (Å²) in [7, 11) is 0. The minimum atomic E-state index is -4.78. The molecule has 216 valence electrons. The Hall–Kier alpha value is -3.61. The molecule has 0 saturated carbocycles. The molecule has 1 aliphatic heterocycles. The molecule has 0 radical (unpaired) electrons. The predicted molar refractivity (Wildman–Crippen MR) is 135 cm³/mol. The minimum absolute atomic E-state index is 0.248. The van der Waals surface area contributed by atoms with Crippen molar-refractivity contribution in [2.45, 2.75) is 44.2 Å². The van der Waals surface area contributed by atoms with Gasteiger partial charge in [-0.2, -0.15) is 26.3 Å². The first-order valence-corrected chi connectivity index (χ1v) is 12.6. The van der Waals surface area contributed by atoms with Gasteiger partial charge in [-0.05, 0) is 18.9 Å². The number of fused-ring (bicyclic) bond motifs is 1. The highest BCUT2D eigenvalue weighted by Crippen LogP contribution is 2.33. The molecule has 1 aliphatic rings. The Morgan fingerprint density at radius 2 is 1.48 bits per heavy atom. The van der Waals surface area contributed by atoms with Gasteiger partial charge in [0.15, 0.2) is 0 Å². The molecular weight excluding hydrogens is 566 g/mol. The van der Waals surface area contributed by atoms with E-state index in [1.54, 1.807) is 54.6 Å². The number of nitrogens with one attached hydrogen (secondary N) is 1. The van der Waals surface area contributed by atoms with E-state index in [2.05, 4.69) is 10.3 Å². The molecule has 2 unspecified atom stereocenters. The number of rotatable bonds is 10. The average molecular weight is 591 g/mol. The summed E-state index contributed by atoms with van der Waals surface area (Å²) in [6.45, 7) is 0. The van der Waals surface area contributed by atoms with E-state index in [-0.39, 0.29) is 11.7 Å². The Balaban J connectivity index is 2.03. The number of carbonyl (C=O) groups excluding carboxylic acids is 3. The molecule has 0 spiro atoms. The summed E-state index contributed by atoms with van der Waals surface area (Å²) in [6.07, 6.45) is -16.4. The molecular formula is C26H25ClF6N4O3. The lowest BCUT2D eigenvalue weighted by Crippen LogP contribution is -2.50. The molecule has 0 fully saturated rings. The third-order valence-electron chi connectivity index (χ3n) is 6.32. The molecule has 3 rings (SSSR count). The maximum absolute atomic E-state index is 13.5. The van der Waals surface area contributed by atoms with E-state index < -0.39 is 73.8 Å². The van der Waals surface area contributed by atoms with Gasteiger partial charge in [-0.3, -0.25) is 19.3 Å². The van der Waals surface area contributed by atoms with Gasteiger partial charge in [-0.1, -0.05) is 48.5 Å². The number of alkyl halides is 7. The van der Waals surface area contributed by atoms with Gasteiger partial charge in [-0.25, -0.2) is 4.99 Å². The number of nitrogens with two attached hydrogens (primary N) is 1. The number of hydrogen-bond donors (Lipinski definition) is 2. The van der Waals surface area contributed by atoms with Gasteiger partial charge in [0.2, 0.25) is 18.0 Å². The van der Waals surface area contributed by atoms with Crippen LogP contribution in [0.1, 0.15) is 36.8 Å². The molecule has 1 heterocycles. The Labute approximate surface area is 230 Å². The van der Waals surface area contributed by atoms with Crippen molar-refractivity contribution in [1.29, 1.82) is 0 Å². The zero-order valence-electron chi connectivity index (χ0n) is 20.8. The number of benzodiazepines with no additional fused rings is 1. The lowest BCUT2D eigenvalue weighted by molar-refractivity contribution is -0.152. The Morgan fingerprint density at radius 3 is 2.02 bits per heavy atom. The van der Waals surface area contributed by atoms with Crippen molar-refractivity contribution in [1.82, 2.24) is 5.32 Å². The zero-order valence-corrected chi connectivity index (χ0v) is 21.6. The fourth-order valence-corrected chi connectivity index (χ4v) is 4.66. The highest BCUT2D eigenvalue weighted by molar-refractivity contribution is 6.25. The predicted octanol–water partition coefficient (Wildman–Crippen LogP) is 4.91. The van der Waals surface area contributed by atoms with Crippen LogP contribution in [0.15, 0.2) is 59.6 Å². The summed E-state index contributed by atoms with van der Waals surface area (Å²) >= 11 is 6.06. The summed E-state index contributed by atoms with van der Waals surface area (Å²) in [5.74, 6) is -7.29. The molecule has 7 nitrogen and oxygen atoms in total. The lowest BCUT2D eigenvalue weighted by Gasteiger charge is -2.27. The van der Waals surface area contributed by atoms with Crippen LogP contribution in [-0.2, 0) is 14.4 Å². The van der Waals surface area contributed by atoms with Crippen LogP contribution in [0.4, 0.5) is 32.0 Å². The highest BCUT2D eigenvalue weighted by atomic mass is 35.5. The highest BCUT2D eigenvalue weighted by Gasteiger charge is 2.41. The van der Waals surface area contributed by atoms with Crippen molar-refractivity contribution in [2.24, 2.45) is 22.6 Å².